The minimum Gasteiger partial charge on any atom is -0.395 e. The van der Waals surface area contributed by atoms with Crippen LogP contribution in [0.15, 0.2) is 35.0 Å². The van der Waals surface area contributed by atoms with Crippen molar-refractivity contribution in [2.45, 2.75) is 25.7 Å². The van der Waals surface area contributed by atoms with Gasteiger partial charge in [0.1, 0.15) is 0 Å². The minimum atomic E-state index is -3.62. The molecule has 0 radical (unpaired) electrons. The van der Waals surface area contributed by atoms with Crippen molar-refractivity contribution in [1.29, 1.82) is 0 Å². The average molecular weight is 436 g/mol. The summed E-state index contributed by atoms with van der Waals surface area (Å²) in [5, 5.41) is 15.6. The number of rotatable bonds is 7. The zero-order chi connectivity index (χ0) is 20.5. The van der Waals surface area contributed by atoms with Crippen molar-refractivity contribution in [2.75, 3.05) is 40.4 Å². The van der Waals surface area contributed by atoms with Crippen molar-refractivity contribution < 1.29 is 18.3 Å². The van der Waals surface area contributed by atoms with E-state index in [4.69, 9.17) is 5.11 Å². The van der Waals surface area contributed by atoms with Gasteiger partial charge in [0.15, 0.2) is 0 Å². The van der Waals surface area contributed by atoms with Gasteiger partial charge >= 0.3 is 0 Å². The fourth-order valence-corrected chi connectivity index (χ4v) is 5.26. The Morgan fingerprint density at radius 3 is 2.55 bits per heavy atom. The van der Waals surface area contributed by atoms with Crippen LogP contribution < -0.4 is 14.9 Å². The van der Waals surface area contributed by atoms with E-state index in [1.807, 2.05) is 5.38 Å². The van der Waals surface area contributed by atoms with Gasteiger partial charge < -0.3 is 15.3 Å². The molecule has 156 valence electrons. The number of amides is 1. The van der Waals surface area contributed by atoms with Crippen molar-refractivity contribution in [3.05, 3.63) is 40.6 Å². The Hall–Kier alpha value is -2.10. The van der Waals surface area contributed by atoms with Crippen molar-refractivity contribution >= 4 is 44.3 Å². The normalized spacial score (nSPS) is 17.9. The zero-order valence-electron chi connectivity index (χ0n) is 16.1. The highest BCUT2D eigenvalue weighted by Gasteiger charge is 2.44. The summed E-state index contributed by atoms with van der Waals surface area (Å²) in [6.07, 6.45) is 4.82. The molecule has 2 aliphatic rings. The Balaban J connectivity index is 1.59. The predicted molar refractivity (Wildman–Crippen MR) is 116 cm³/mol. The summed E-state index contributed by atoms with van der Waals surface area (Å²) in [5.74, 6) is -0.539. The standard InChI is InChI=1S/C20H25N3O4S2/c24-10-12-29(26,27)22-16-1-2-17(21-19(25)15-3-11-28-14-15)18(13-16)23-8-6-20(4-5-20)7-9-23/h1-3,11,13-14,22,24H,4-10,12H2,(H,21,25). The molecule has 1 saturated heterocycles. The second-order valence-electron chi connectivity index (χ2n) is 7.83. The topological polar surface area (TPSA) is 98.7 Å². The number of thiophene rings is 1. The van der Waals surface area contributed by atoms with E-state index in [2.05, 4.69) is 14.9 Å². The van der Waals surface area contributed by atoms with Gasteiger partial charge in [0.2, 0.25) is 10.0 Å². The van der Waals surface area contributed by atoms with Gasteiger partial charge in [0.05, 0.1) is 35.0 Å². The fraction of sp³-hybridized carbons (Fsp3) is 0.450. The number of aliphatic hydroxyl groups excluding tert-OH is 1. The molecule has 0 atom stereocenters. The van der Waals surface area contributed by atoms with Crippen LogP contribution in [0.4, 0.5) is 17.1 Å². The van der Waals surface area contributed by atoms with E-state index >= 15 is 0 Å². The van der Waals surface area contributed by atoms with E-state index in [1.54, 1.807) is 29.6 Å². The molecule has 0 unspecified atom stereocenters. The summed E-state index contributed by atoms with van der Waals surface area (Å²) >= 11 is 1.46. The first-order chi connectivity index (χ1) is 13.9. The van der Waals surface area contributed by atoms with E-state index in [0.29, 0.717) is 22.4 Å². The first-order valence-electron chi connectivity index (χ1n) is 9.74. The highest BCUT2D eigenvalue weighted by molar-refractivity contribution is 7.92. The summed E-state index contributed by atoms with van der Waals surface area (Å²) in [5.41, 5.74) is 3.01. The Morgan fingerprint density at radius 2 is 1.93 bits per heavy atom. The maximum atomic E-state index is 12.6. The molecule has 1 spiro atoms. The smallest absolute Gasteiger partial charge is 0.256 e. The number of sulfonamides is 1. The molecule has 7 nitrogen and oxygen atoms in total. The SMILES string of the molecule is O=C(Nc1ccc(NS(=O)(=O)CCO)cc1N1CCC2(CC1)CC2)c1ccsc1. The zero-order valence-corrected chi connectivity index (χ0v) is 17.7. The van der Waals surface area contributed by atoms with Crippen LogP contribution in [0.2, 0.25) is 0 Å². The molecule has 1 aliphatic carbocycles. The van der Waals surface area contributed by atoms with Crippen molar-refractivity contribution in [2.24, 2.45) is 5.41 Å². The van der Waals surface area contributed by atoms with Gasteiger partial charge in [-0.1, -0.05) is 0 Å². The molecule has 1 amide bonds. The Morgan fingerprint density at radius 1 is 1.17 bits per heavy atom. The molecule has 1 aliphatic heterocycles. The van der Waals surface area contributed by atoms with Gasteiger partial charge in [-0.05, 0) is 60.7 Å². The number of hydrogen-bond acceptors (Lipinski definition) is 6. The van der Waals surface area contributed by atoms with Crippen LogP contribution in [0.3, 0.4) is 0 Å². The third kappa shape index (κ3) is 4.73. The Kier molecular flexibility index (Phi) is 5.54. The molecular weight excluding hydrogens is 410 g/mol. The van der Waals surface area contributed by atoms with Gasteiger partial charge in [-0.15, -0.1) is 0 Å². The molecule has 0 bridgehead atoms. The van der Waals surface area contributed by atoms with Crippen LogP contribution >= 0.6 is 11.3 Å². The molecule has 2 heterocycles. The van der Waals surface area contributed by atoms with E-state index < -0.39 is 16.6 Å². The number of piperidine rings is 1. The van der Waals surface area contributed by atoms with E-state index in [9.17, 15) is 13.2 Å². The highest BCUT2D eigenvalue weighted by atomic mass is 32.2. The molecular formula is C20H25N3O4S2. The quantitative estimate of drug-likeness (QED) is 0.621. The molecule has 3 N–H and O–H groups in total. The van der Waals surface area contributed by atoms with E-state index in [-0.39, 0.29) is 11.7 Å². The average Bonchev–Trinajstić information content (AvgIpc) is 3.20. The van der Waals surface area contributed by atoms with Crippen LogP contribution in [0.5, 0.6) is 0 Å². The number of hydrogen-bond donors (Lipinski definition) is 3. The summed E-state index contributed by atoms with van der Waals surface area (Å²) in [6, 6.07) is 6.91. The lowest BCUT2D eigenvalue weighted by molar-refractivity contribution is 0.102. The Labute approximate surface area is 174 Å². The summed E-state index contributed by atoms with van der Waals surface area (Å²) < 4.78 is 26.6. The lowest BCUT2D eigenvalue weighted by atomic mass is 9.93. The van der Waals surface area contributed by atoms with E-state index in [1.165, 1.54) is 24.2 Å². The number of benzene rings is 1. The molecule has 9 heteroatoms. The van der Waals surface area contributed by atoms with Crippen molar-refractivity contribution in [1.82, 2.24) is 0 Å². The number of anilines is 3. The van der Waals surface area contributed by atoms with Gasteiger partial charge in [0, 0.05) is 18.5 Å². The monoisotopic (exact) mass is 435 g/mol. The number of carbonyl (C=O) groups excluding carboxylic acids is 1. The van der Waals surface area contributed by atoms with Crippen LogP contribution in [-0.4, -0.2) is 44.9 Å². The molecule has 1 saturated carbocycles. The summed E-state index contributed by atoms with van der Waals surface area (Å²) in [7, 11) is -3.62. The second-order valence-corrected chi connectivity index (χ2v) is 10.5. The fourth-order valence-electron chi connectivity index (χ4n) is 3.80. The first kappa shape index (κ1) is 20.2. The molecule has 1 aromatic heterocycles. The minimum absolute atomic E-state index is 0.184. The van der Waals surface area contributed by atoms with Crippen LogP contribution in [-0.2, 0) is 10.0 Å². The van der Waals surface area contributed by atoms with Crippen LogP contribution in [0, 0.1) is 5.41 Å². The second kappa shape index (κ2) is 7.97. The lowest BCUT2D eigenvalue weighted by Crippen LogP contribution is -2.35. The largest absolute Gasteiger partial charge is 0.395 e. The number of carbonyl (C=O) groups is 1. The third-order valence-electron chi connectivity index (χ3n) is 5.78. The van der Waals surface area contributed by atoms with Gasteiger partial charge in [0.25, 0.3) is 5.91 Å². The van der Waals surface area contributed by atoms with Gasteiger partial charge in [-0.3, -0.25) is 9.52 Å². The molecule has 4 rings (SSSR count). The lowest BCUT2D eigenvalue weighted by Gasteiger charge is -2.35. The number of nitrogens with one attached hydrogen (secondary N) is 2. The molecule has 2 aromatic rings. The van der Waals surface area contributed by atoms with E-state index in [0.717, 1.165) is 31.6 Å². The summed E-state index contributed by atoms with van der Waals surface area (Å²) in [6.45, 7) is 1.33. The predicted octanol–water partition coefficient (Wildman–Crippen LogP) is 3.11. The first-order valence-corrected chi connectivity index (χ1v) is 12.3. The molecule has 1 aromatic carbocycles. The number of nitrogens with zero attached hydrogens (tertiary/aromatic N) is 1. The highest BCUT2D eigenvalue weighted by Crippen LogP contribution is 2.54. The number of aliphatic hydroxyl groups is 1. The molecule has 2 fully saturated rings. The van der Waals surface area contributed by atoms with Crippen molar-refractivity contribution in [3.63, 3.8) is 0 Å². The summed E-state index contributed by atoms with van der Waals surface area (Å²) in [4.78, 5) is 14.8. The maximum absolute atomic E-state index is 12.6. The van der Waals surface area contributed by atoms with Gasteiger partial charge in [-0.25, -0.2) is 8.42 Å². The molecule has 29 heavy (non-hydrogen) atoms. The van der Waals surface area contributed by atoms with Crippen LogP contribution in [0.1, 0.15) is 36.0 Å². The third-order valence-corrected chi connectivity index (χ3v) is 7.73. The Bertz CT molecular complexity index is 975. The maximum Gasteiger partial charge on any atom is 0.256 e. The van der Waals surface area contributed by atoms with Gasteiger partial charge in [-0.2, -0.15) is 11.3 Å². The van der Waals surface area contributed by atoms with Crippen molar-refractivity contribution in [3.8, 4) is 0 Å². The van der Waals surface area contributed by atoms with Crippen LogP contribution in [0.25, 0.3) is 0 Å².